The molecular formula is C12H20N2O2S. The number of carbonyl (C=O) groups is 1. The van der Waals surface area contributed by atoms with Crippen LogP contribution in [0.2, 0.25) is 0 Å². The fourth-order valence-corrected chi connectivity index (χ4v) is 2.69. The van der Waals surface area contributed by atoms with Crippen LogP contribution < -0.4 is 5.73 Å². The Kier molecular flexibility index (Phi) is 5.58. The van der Waals surface area contributed by atoms with Crippen LogP contribution in [0, 0.1) is 0 Å². The molecule has 0 saturated carbocycles. The number of amides is 1. The average Bonchev–Trinajstić information content (AvgIpc) is 2.82. The Balaban J connectivity index is 2.63. The number of hydrogen-bond donors (Lipinski definition) is 1. The molecule has 5 heteroatoms. The van der Waals surface area contributed by atoms with E-state index in [9.17, 15) is 4.79 Å². The first kappa shape index (κ1) is 14.1. The molecule has 1 aromatic rings. The van der Waals surface area contributed by atoms with Crippen molar-refractivity contribution in [3.8, 4) is 0 Å². The lowest BCUT2D eigenvalue weighted by atomic mass is 10.1. The fourth-order valence-electron chi connectivity index (χ4n) is 1.37. The Hall–Kier alpha value is -0.940. The molecule has 2 N–H and O–H groups in total. The SMILES string of the molecule is CCC(N)C(SCC(=O)N(C)C)c1ccco1. The van der Waals surface area contributed by atoms with Crippen molar-refractivity contribution in [3.63, 3.8) is 0 Å². The molecule has 0 saturated heterocycles. The molecule has 96 valence electrons. The van der Waals surface area contributed by atoms with Gasteiger partial charge in [-0.25, -0.2) is 0 Å². The van der Waals surface area contributed by atoms with E-state index in [0.29, 0.717) is 5.75 Å². The van der Waals surface area contributed by atoms with Gasteiger partial charge in [0.05, 0.1) is 17.3 Å². The van der Waals surface area contributed by atoms with Gasteiger partial charge in [-0.2, -0.15) is 0 Å². The van der Waals surface area contributed by atoms with Crippen molar-refractivity contribution in [3.05, 3.63) is 24.2 Å². The van der Waals surface area contributed by atoms with E-state index in [0.717, 1.165) is 12.2 Å². The smallest absolute Gasteiger partial charge is 0.232 e. The standard InChI is InChI=1S/C12H20N2O2S/c1-4-9(13)12(10-6-5-7-16-10)17-8-11(15)14(2)3/h5-7,9,12H,4,8,13H2,1-3H3. The monoisotopic (exact) mass is 256 g/mol. The van der Waals surface area contributed by atoms with Gasteiger partial charge in [-0.3, -0.25) is 4.79 Å². The number of hydrogen-bond acceptors (Lipinski definition) is 4. The number of rotatable bonds is 6. The van der Waals surface area contributed by atoms with Crippen LogP contribution in [0.15, 0.2) is 22.8 Å². The van der Waals surface area contributed by atoms with Crippen LogP contribution in [0.5, 0.6) is 0 Å². The van der Waals surface area contributed by atoms with Crippen molar-refractivity contribution in [2.45, 2.75) is 24.6 Å². The third-order valence-electron chi connectivity index (χ3n) is 2.57. The van der Waals surface area contributed by atoms with Gasteiger partial charge < -0.3 is 15.1 Å². The van der Waals surface area contributed by atoms with Gasteiger partial charge in [0.1, 0.15) is 5.76 Å². The van der Waals surface area contributed by atoms with Crippen LogP contribution in [0.25, 0.3) is 0 Å². The summed E-state index contributed by atoms with van der Waals surface area (Å²) in [5.41, 5.74) is 6.07. The maximum Gasteiger partial charge on any atom is 0.232 e. The van der Waals surface area contributed by atoms with Crippen LogP contribution in [0.1, 0.15) is 24.4 Å². The summed E-state index contributed by atoms with van der Waals surface area (Å²) in [7, 11) is 3.51. The largest absolute Gasteiger partial charge is 0.468 e. The highest BCUT2D eigenvalue weighted by Gasteiger charge is 2.22. The molecule has 0 aliphatic carbocycles. The molecule has 1 amide bonds. The van der Waals surface area contributed by atoms with Gasteiger partial charge in [0, 0.05) is 20.1 Å². The molecular weight excluding hydrogens is 236 g/mol. The summed E-state index contributed by atoms with van der Waals surface area (Å²) in [6, 6.07) is 3.76. The van der Waals surface area contributed by atoms with Gasteiger partial charge in [-0.05, 0) is 18.6 Å². The summed E-state index contributed by atoms with van der Waals surface area (Å²) in [4.78, 5) is 13.1. The second-order valence-electron chi connectivity index (χ2n) is 4.11. The molecule has 2 atom stereocenters. The second kappa shape index (κ2) is 6.71. The van der Waals surface area contributed by atoms with Gasteiger partial charge in [0.2, 0.25) is 5.91 Å². The summed E-state index contributed by atoms with van der Waals surface area (Å²) < 4.78 is 5.39. The molecule has 0 aliphatic heterocycles. The summed E-state index contributed by atoms with van der Waals surface area (Å²) in [6.45, 7) is 2.04. The van der Waals surface area contributed by atoms with E-state index in [-0.39, 0.29) is 17.2 Å². The van der Waals surface area contributed by atoms with Crippen LogP contribution in [-0.2, 0) is 4.79 Å². The van der Waals surface area contributed by atoms with Crippen LogP contribution >= 0.6 is 11.8 Å². The maximum absolute atomic E-state index is 11.6. The topological polar surface area (TPSA) is 59.5 Å². The highest BCUT2D eigenvalue weighted by Crippen LogP contribution is 2.32. The Morgan fingerprint density at radius 1 is 1.59 bits per heavy atom. The summed E-state index contributed by atoms with van der Waals surface area (Å²) in [5.74, 6) is 1.36. The highest BCUT2D eigenvalue weighted by atomic mass is 32.2. The minimum absolute atomic E-state index is 0.00103. The number of furan rings is 1. The maximum atomic E-state index is 11.6. The first-order valence-electron chi connectivity index (χ1n) is 5.67. The minimum Gasteiger partial charge on any atom is -0.468 e. The molecule has 4 nitrogen and oxygen atoms in total. The van der Waals surface area contributed by atoms with E-state index in [2.05, 4.69) is 0 Å². The minimum atomic E-state index is 0.00103. The Labute approximate surface area is 107 Å². The summed E-state index contributed by atoms with van der Waals surface area (Å²) >= 11 is 1.54. The molecule has 0 radical (unpaired) electrons. The van der Waals surface area contributed by atoms with Crippen LogP contribution in [0.3, 0.4) is 0 Å². The van der Waals surface area contributed by atoms with E-state index in [1.807, 2.05) is 19.1 Å². The third-order valence-corrected chi connectivity index (χ3v) is 3.92. The van der Waals surface area contributed by atoms with Crippen molar-refractivity contribution < 1.29 is 9.21 Å². The van der Waals surface area contributed by atoms with E-state index < -0.39 is 0 Å². The van der Waals surface area contributed by atoms with E-state index in [4.69, 9.17) is 10.2 Å². The molecule has 1 aromatic heterocycles. The molecule has 1 heterocycles. The number of nitrogens with two attached hydrogens (primary N) is 1. The normalized spacial score (nSPS) is 14.4. The zero-order chi connectivity index (χ0) is 12.8. The Bertz CT molecular complexity index is 338. The quantitative estimate of drug-likeness (QED) is 0.844. The van der Waals surface area contributed by atoms with Crippen LogP contribution in [-0.4, -0.2) is 36.7 Å². The summed E-state index contributed by atoms with van der Waals surface area (Å²) in [5, 5.41) is 0.0406. The Morgan fingerprint density at radius 3 is 2.76 bits per heavy atom. The Morgan fingerprint density at radius 2 is 2.29 bits per heavy atom. The predicted molar refractivity (Wildman–Crippen MR) is 70.9 cm³/mol. The number of nitrogens with zero attached hydrogens (tertiary/aromatic N) is 1. The first-order valence-corrected chi connectivity index (χ1v) is 6.71. The molecule has 1 rings (SSSR count). The van der Waals surface area contributed by atoms with Gasteiger partial charge >= 0.3 is 0 Å². The lowest BCUT2D eigenvalue weighted by Gasteiger charge is -2.21. The third kappa shape index (κ3) is 4.09. The average molecular weight is 256 g/mol. The molecule has 0 aromatic carbocycles. The van der Waals surface area contributed by atoms with E-state index in [1.165, 1.54) is 11.8 Å². The number of thioether (sulfide) groups is 1. The second-order valence-corrected chi connectivity index (χ2v) is 5.24. The van der Waals surface area contributed by atoms with Gasteiger partial charge in [-0.1, -0.05) is 6.92 Å². The molecule has 17 heavy (non-hydrogen) atoms. The molecule has 0 spiro atoms. The van der Waals surface area contributed by atoms with Gasteiger partial charge in [0.25, 0.3) is 0 Å². The predicted octanol–water partition coefficient (Wildman–Crippen LogP) is 1.88. The van der Waals surface area contributed by atoms with E-state index in [1.54, 1.807) is 25.3 Å². The zero-order valence-corrected chi connectivity index (χ0v) is 11.4. The molecule has 0 fully saturated rings. The molecule has 0 aliphatic rings. The number of carbonyl (C=O) groups excluding carboxylic acids is 1. The first-order chi connectivity index (χ1) is 8.06. The lowest BCUT2D eigenvalue weighted by molar-refractivity contribution is -0.125. The van der Waals surface area contributed by atoms with Crippen molar-refractivity contribution >= 4 is 17.7 Å². The van der Waals surface area contributed by atoms with Gasteiger partial charge in [-0.15, -0.1) is 11.8 Å². The summed E-state index contributed by atoms with van der Waals surface area (Å²) in [6.07, 6.45) is 2.49. The molecule has 2 unspecified atom stereocenters. The van der Waals surface area contributed by atoms with Gasteiger partial charge in [0.15, 0.2) is 0 Å². The van der Waals surface area contributed by atoms with E-state index >= 15 is 0 Å². The van der Waals surface area contributed by atoms with Crippen molar-refractivity contribution in [1.82, 2.24) is 4.90 Å². The molecule has 0 bridgehead atoms. The lowest BCUT2D eigenvalue weighted by Crippen LogP contribution is -2.28. The van der Waals surface area contributed by atoms with Crippen molar-refractivity contribution in [2.75, 3.05) is 19.8 Å². The van der Waals surface area contributed by atoms with Crippen molar-refractivity contribution in [2.24, 2.45) is 5.73 Å². The zero-order valence-electron chi connectivity index (χ0n) is 10.6. The highest BCUT2D eigenvalue weighted by molar-refractivity contribution is 8.00. The van der Waals surface area contributed by atoms with Crippen LogP contribution in [0.4, 0.5) is 0 Å². The van der Waals surface area contributed by atoms with Crippen molar-refractivity contribution in [1.29, 1.82) is 0 Å². The fraction of sp³-hybridized carbons (Fsp3) is 0.583.